The van der Waals surface area contributed by atoms with Gasteiger partial charge in [-0.15, -0.1) is 0 Å². The number of carbonyl (C=O) groups is 2. The molecule has 0 radical (unpaired) electrons. The smallest absolute Gasteiger partial charge is 0.420 e. The van der Waals surface area contributed by atoms with Crippen LogP contribution in [0.4, 0.5) is 21.0 Å². The predicted octanol–water partition coefficient (Wildman–Crippen LogP) is 2.00. The number of rotatable bonds is 1. The maximum absolute atomic E-state index is 12.4. The largest absolute Gasteiger partial charge is 0.443 e. The molecule has 24 heavy (non-hydrogen) atoms. The normalized spacial score (nSPS) is 23.7. The van der Waals surface area contributed by atoms with Crippen molar-refractivity contribution in [2.24, 2.45) is 0 Å². The number of nitrogen functional groups attached to an aromatic ring is 1. The molecule has 3 heterocycles. The van der Waals surface area contributed by atoms with Crippen molar-refractivity contribution in [3.63, 3.8) is 0 Å². The Balaban J connectivity index is 1.80. The molecule has 1 aromatic heterocycles. The van der Waals surface area contributed by atoms with E-state index in [1.165, 1.54) is 0 Å². The Morgan fingerprint density at radius 2 is 2.21 bits per heavy atom. The van der Waals surface area contributed by atoms with Gasteiger partial charge in [0.15, 0.2) is 0 Å². The maximum Gasteiger partial charge on any atom is 0.420 e. The van der Waals surface area contributed by atoms with Crippen LogP contribution in [0.1, 0.15) is 27.2 Å². The lowest BCUT2D eigenvalue weighted by Gasteiger charge is -2.37. The van der Waals surface area contributed by atoms with Gasteiger partial charge in [0, 0.05) is 25.7 Å². The van der Waals surface area contributed by atoms with Crippen LogP contribution in [0.15, 0.2) is 18.5 Å². The van der Waals surface area contributed by atoms with Crippen LogP contribution >= 0.6 is 0 Å². The van der Waals surface area contributed by atoms with Crippen molar-refractivity contribution < 1.29 is 19.1 Å². The number of nitrogens with zero attached hydrogens (tertiary/aromatic N) is 3. The topological polar surface area (TPSA) is 98.0 Å². The van der Waals surface area contributed by atoms with Gasteiger partial charge in [0.25, 0.3) is 0 Å². The van der Waals surface area contributed by atoms with Crippen molar-refractivity contribution in [3.8, 4) is 0 Å². The van der Waals surface area contributed by atoms with Gasteiger partial charge in [-0.3, -0.25) is 4.98 Å². The highest BCUT2D eigenvalue weighted by Gasteiger charge is 2.49. The minimum absolute atomic E-state index is 0.315. The number of hydrogen-bond acceptors (Lipinski definition) is 7. The van der Waals surface area contributed by atoms with E-state index in [2.05, 4.69) is 4.98 Å². The molecule has 8 nitrogen and oxygen atoms in total. The summed E-state index contributed by atoms with van der Waals surface area (Å²) in [6.45, 7) is 6.41. The summed E-state index contributed by atoms with van der Waals surface area (Å²) >= 11 is 0. The van der Waals surface area contributed by atoms with E-state index in [9.17, 15) is 9.59 Å². The van der Waals surface area contributed by atoms with E-state index >= 15 is 0 Å². The Kier molecular flexibility index (Phi) is 3.98. The number of hydrogen-bond donors (Lipinski definition) is 1. The molecule has 2 aliphatic rings. The molecule has 0 saturated carbocycles. The number of imide groups is 1. The summed E-state index contributed by atoms with van der Waals surface area (Å²) in [4.78, 5) is 31.6. The van der Waals surface area contributed by atoms with E-state index in [1.54, 1.807) is 33.2 Å². The van der Waals surface area contributed by atoms with Gasteiger partial charge in [-0.05, 0) is 26.8 Å². The fraction of sp³-hybridized carbons (Fsp3) is 0.562. The quantitative estimate of drug-likeness (QED) is 0.838. The number of fused-ring (bicyclic) bond motifs is 1. The van der Waals surface area contributed by atoms with Gasteiger partial charge in [-0.25, -0.2) is 14.5 Å². The minimum atomic E-state index is -0.681. The lowest BCUT2D eigenvalue weighted by Crippen LogP contribution is -2.53. The van der Waals surface area contributed by atoms with Crippen molar-refractivity contribution >= 4 is 23.6 Å². The minimum Gasteiger partial charge on any atom is -0.443 e. The SMILES string of the molecule is CC(C)(C)OC(=O)N1C(=O)OC2CCN(c3ccncc3N)CC21. The Morgan fingerprint density at radius 3 is 2.88 bits per heavy atom. The number of ether oxygens (including phenoxy) is 2. The third kappa shape index (κ3) is 3.08. The summed E-state index contributed by atoms with van der Waals surface area (Å²) in [6, 6.07) is 1.43. The van der Waals surface area contributed by atoms with Crippen LogP contribution < -0.4 is 10.6 Å². The van der Waals surface area contributed by atoms with E-state index in [0.717, 1.165) is 10.6 Å². The van der Waals surface area contributed by atoms with E-state index in [-0.39, 0.29) is 6.10 Å². The molecule has 0 bridgehead atoms. The fourth-order valence-electron chi connectivity index (χ4n) is 3.04. The third-order valence-corrected chi connectivity index (χ3v) is 4.06. The Labute approximate surface area is 140 Å². The summed E-state index contributed by atoms with van der Waals surface area (Å²) in [6.07, 6.45) is 2.23. The molecule has 130 valence electrons. The van der Waals surface area contributed by atoms with E-state index in [0.29, 0.717) is 25.2 Å². The van der Waals surface area contributed by atoms with Gasteiger partial charge >= 0.3 is 12.2 Å². The zero-order valence-electron chi connectivity index (χ0n) is 14.1. The highest BCUT2D eigenvalue weighted by molar-refractivity contribution is 5.90. The van der Waals surface area contributed by atoms with Gasteiger partial charge in [0.05, 0.1) is 17.6 Å². The first-order valence-electron chi connectivity index (χ1n) is 7.93. The highest BCUT2D eigenvalue weighted by Crippen LogP contribution is 2.32. The van der Waals surface area contributed by atoms with Crippen molar-refractivity contribution in [2.45, 2.75) is 44.9 Å². The summed E-state index contributed by atoms with van der Waals surface area (Å²) in [5.41, 5.74) is 6.70. The second-order valence-electron chi connectivity index (χ2n) is 7.01. The number of amides is 2. The van der Waals surface area contributed by atoms with Crippen molar-refractivity contribution in [2.75, 3.05) is 23.7 Å². The number of nitrogens with two attached hydrogens (primary N) is 1. The maximum atomic E-state index is 12.4. The molecule has 0 aromatic carbocycles. The van der Waals surface area contributed by atoms with Gasteiger partial charge in [-0.1, -0.05) is 0 Å². The highest BCUT2D eigenvalue weighted by atomic mass is 16.6. The van der Waals surface area contributed by atoms with Gasteiger partial charge in [0.1, 0.15) is 17.7 Å². The fourth-order valence-corrected chi connectivity index (χ4v) is 3.04. The van der Waals surface area contributed by atoms with Crippen LogP contribution in [0, 0.1) is 0 Å². The summed E-state index contributed by atoms with van der Waals surface area (Å²) in [7, 11) is 0. The molecule has 2 N–H and O–H groups in total. The van der Waals surface area contributed by atoms with Crippen LogP contribution in [0.25, 0.3) is 0 Å². The van der Waals surface area contributed by atoms with Crippen LogP contribution in [0.3, 0.4) is 0 Å². The molecule has 2 aliphatic heterocycles. The van der Waals surface area contributed by atoms with E-state index in [4.69, 9.17) is 15.2 Å². The molecule has 0 aliphatic carbocycles. The predicted molar refractivity (Wildman–Crippen MR) is 87.6 cm³/mol. The van der Waals surface area contributed by atoms with Crippen LogP contribution in [-0.4, -0.2) is 52.9 Å². The Hall–Kier alpha value is -2.51. The van der Waals surface area contributed by atoms with Crippen LogP contribution in [0.5, 0.6) is 0 Å². The molecule has 8 heteroatoms. The number of aromatic nitrogens is 1. The number of carbonyl (C=O) groups excluding carboxylic acids is 2. The Bertz CT molecular complexity index is 658. The lowest BCUT2D eigenvalue weighted by molar-refractivity contribution is 0.0285. The molecule has 1 aromatic rings. The van der Waals surface area contributed by atoms with Gasteiger partial charge in [0.2, 0.25) is 0 Å². The van der Waals surface area contributed by atoms with Crippen LogP contribution in [0.2, 0.25) is 0 Å². The second-order valence-corrected chi connectivity index (χ2v) is 7.01. The van der Waals surface area contributed by atoms with Crippen molar-refractivity contribution in [1.82, 2.24) is 9.88 Å². The first-order chi connectivity index (χ1) is 11.3. The average molecular weight is 334 g/mol. The molecule has 2 atom stereocenters. The average Bonchev–Trinajstić information content (AvgIpc) is 2.81. The standard InChI is InChI=1S/C16H22N4O4/c1-16(2,3)24-15(22)20-12-9-19(7-5-13(12)23-14(20)21)11-4-6-18-8-10(11)17/h4,6,8,12-13H,5,7,9,17H2,1-3H3. The van der Waals surface area contributed by atoms with E-state index < -0.39 is 23.8 Å². The first-order valence-corrected chi connectivity index (χ1v) is 7.93. The molecule has 2 unspecified atom stereocenters. The van der Waals surface area contributed by atoms with Crippen molar-refractivity contribution in [1.29, 1.82) is 0 Å². The zero-order chi connectivity index (χ0) is 17.5. The molecule has 0 spiro atoms. The lowest BCUT2D eigenvalue weighted by atomic mass is 10.0. The molecule has 2 fully saturated rings. The van der Waals surface area contributed by atoms with Crippen molar-refractivity contribution in [3.05, 3.63) is 18.5 Å². The number of piperidine rings is 1. The first kappa shape index (κ1) is 16.4. The van der Waals surface area contributed by atoms with Gasteiger partial charge < -0.3 is 20.1 Å². The summed E-state index contributed by atoms with van der Waals surface area (Å²) < 4.78 is 10.7. The number of anilines is 2. The summed E-state index contributed by atoms with van der Waals surface area (Å²) in [5, 5.41) is 0. The second kappa shape index (κ2) is 5.85. The molecule has 2 amide bonds. The monoisotopic (exact) mass is 334 g/mol. The molecular formula is C16H22N4O4. The number of pyridine rings is 1. The molecular weight excluding hydrogens is 312 g/mol. The Morgan fingerprint density at radius 1 is 1.46 bits per heavy atom. The van der Waals surface area contributed by atoms with E-state index in [1.807, 2.05) is 11.0 Å². The third-order valence-electron chi connectivity index (χ3n) is 4.06. The van der Waals surface area contributed by atoms with Gasteiger partial charge in [-0.2, -0.15) is 0 Å². The zero-order valence-corrected chi connectivity index (χ0v) is 14.1. The van der Waals surface area contributed by atoms with Crippen LogP contribution in [-0.2, 0) is 9.47 Å². The molecule has 3 rings (SSSR count). The summed E-state index contributed by atoms with van der Waals surface area (Å²) in [5.74, 6) is 0. The molecule has 2 saturated heterocycles.